The number of nitrogens with zero attached hydrogens (tertiary/aromatic N) is 2. The number of amides is 1. The predicted molar refractivity (Wildman–Crippen MR) is 57.3 cm³/mol. The van der Waals surface area contributed by atoms with Crippen LogP contribution in [0.3, 0.4) is 0 Å². The van der Waals surface area contributed by atoms with Crippen LogP contribution in [-0.2, 0) is 4.79 Å². The van der Waals surface area contributed by atoms with Crippen LogP contribution in [0.25, 0.3) is 0 Å². The molecule has 0 aromatic heterocycles. The Morgan fingerprint density at radius 2 is 1.94 bits per heavy atom. The maximum Gasteiger partial charge on any atom is 0.405 e. The smallest absolute Gasteiger partial charge is 0.342 e. The number of carbonyl (C=O) groups is 1. The molecule has 1 aliphatic heterocycles. The van der Waals surface area contributed by atoms with Crippen molar-refractivity contribution in [2.24, 2.45) is 5.73 Å². The van der Waals surface area contributed by atoms with Crippen molar-refractivity contribution in [2.75, 3.05) is 32.7 Å². The van der Waals surface area contributed by atoms with Gasteiger partial charge in [-0.3, -0.25) is 9.69 Å². The third kappa shape index (κ3) is 3.85. The van der Waals surface area contributed by atoms with Crippen LogP contribution in [0, 0.1) is 0 Å². The van der Waals surface area contributed by atoms with E-state index < -0.39 is 18.8 Å². The molecule has 0 radical (unpaired) electrons. The lowest BCUT2D eigenvalue weighted by atomic mass is 10.2. The minimum atomic E-state index is -4.31. The van der Waals surface area contributed by atoms with E-state index >= 15 is 0 Å². The van der Waals surface area contributed by atoms with E-state index in [1.54, 1.807) is 4.90 Å². The zero-order valence-electron chi connectivity index (χ0n) is 9.83. The molecule has 100 valence electrons. The van der Waals surface area contributed by atoms with Gasteiger partial charge in [-0.2, -0.15) is 13.2 Å². The lowest BCUT2D eigenvalue weighted by Crippen LogP contribution is -2.51. The van der Waals surface area contributed by atoms with Crippen molar-refractivity contribution in [2.45, 2.75) is 25.6 Å². The molecular weight excluding hydrogens is 235 g/mol. The third-order valence-electron chi connectivity index (χ3n) is 3.02. The summed E-state index contributed by atoms with van der Waals surface area (Å²) < 4.78 is 38.1. The molecule has 1 amide bonds. The molecule has 2 N–H and O–H groups in total. The summed E-state index contributed by atoms with van der Waals surface area (Å²) in [5.41, 5.74) is 5.19. The van der Waals surface area contributed by atoms with Crippen LogP contribution in [0.2, 0.25) is 0 Å². The molecule has 1 rings (SSSR count). The molecule has 1 saturated heterocycles. The Morgan fingerprint density at radius 3 is 2.41 bits per heavy atom. The van der Waals surface area contributed by atoms with Crippen molar-refractivity contribution in [1.82, 2.24) is 9.80 Å². The van der Waals surface area contributed by atoms with Gasteiger partial charge in [-0.05, 0) is 6.42 Å². The largest absolute Gasteiger partial charge is 0.405 e. The first-order valence-electron chi connectivity index (χ1n) is 5.62. The predicted octanol–water partition coefficient (Wildman–Crippen LogP) is 0.430. The Balaban J connectivity index is 2.64. The number of hydrogen-bond donors (Lipinski definition) is 1. The molecular formula is C10H18F3N3O. The minimum absolute atomic E-state index is 0.0943. The molecule has 0 saturated carbocycles. The van der Waals surface area contributed by atoms with Gasteiger partial charge in [0.05, 0.1) is 0 Å². The second kappa shape index (κ2) is 5.68. The Morgan fingerprint density at radius 1 is 1.29 bits per heavy atom. The highest BCUT2D eigenvalue weighted by Gasteiger charge is 2.42. The van der Waals surface area contributed by atoms with Crippen molar-refractivity contribution in [3.05, 3.63) is 0 Å². The van der Waals surface area contributed by atoms with Crippen molar-refractivity contribution >= 4 is 5.91 Å². The molecule has 0 aromatic rings. The van der Waals surface area contributed by atoms with Crippen LogP contribution in [0.4, 0.5) is 13.2 Å². The maximum atomic E-state index is 12.7. The molecule has 7 heteroatoms. The van der Waals surface area contributed by atoms with Gasteiger partial charge in [-0.25, -0.2) is 0 Å². The molecule has 0 aromatic carbocycles. The molecule has 0 aliphatic carbocycles. The summed E-state index contributed by atoms with van der Waals surface area (Å²) in [6.45, 7) is 2.39. The topological polar surface area (TPSA) is 49.6 Å². The lowest BCUT2D eigenvalue weighted by molar-refractivity contribution is -0.180. The summed E-state index contributed by atoms with van der Waals surface area (Å²) in [5.74, 6) is -0.0943. The summed E-state index contributed by atoms with van der Waals surface area (Å²) in [4.78, 5) is 14.1. The van der Waals surface area contributed by atoms with Crippen molar-refractivity contribution in [3.63, 3.8) is 0 Å². The number of hydrogen-bond acceptors (Lipinski definition) is 3. The first-order chi connectivity index (χ1) is 7.86. The number of alkyl halides is 3. The van der Waals surface area contributed by atoms with Gasteiger partial charge < -0.3 is 10.6 Å². The molecule has 4 nitrogen and oxygen atoms in total. The summed E-state index contributed by atoms with van der Waals surface area (Å²) in [6.07, 6.45) is -3.76. The number of carbonyl (C=O) groups excluding carboxylic acids is 1. The first-order valence-corrected chi connectivity index (χ1v) is 5.62. The quantitative estimate of drug-likeness (QED) is 0.776. The average Bonchev–Trinajstić information content (AvgIpc) is 2.42. The monoisotopic (exact) mass is 253 g/mol. The van der Waals surface area contributed by atoms with Gasteiger partial charge in [0, 0.05) is 39.6 Å². The van der Waals surface area contributed by atoms with E-state index in [2.05, 4.69) is 0 Å². The zero-order valence-corrected chi connectivity index (χ0v) is 9.83. The number of nitrogens with two attached hydrogens (primary N) is 1. The fourth-order valence-electron chi connectivity index (χ4n) is 2.05. The highest BCUT2D eigenvalue weighted by atomic mass is 19.4. The van der Waals surface area contributed by atoms with E-state index in [4.69, 9.17) is 5.73 Å². The van der Waals surface area contributed by atoms with Crippen LogP contribution >= 0.6 is 0 Å². The highest BCUT2D eigenvalue weighted by Crippen LogP contribution is 2.25. The van der Waals surface area contributed by atoms with E-state index in [-0.39, 0.29) is 12.5 Å². The van der Waals surface area contributed by atoms with E-state index in [1.807, 2.05) is 0 Å². The van der Waals surface area contributed by atoms with Crippen LogP contribution in [0.5, 0.6) is 0 Å². The van der Waals surface area contributed by atoms with Crippen LogP contribution in [0.1, 0.15) is 13.3 Å². The van der Waals surface area contributed by atoms with Crippen molar-refractivity contribution in [3.8, 4) is 0 Å². The van der Waals surface area contributed by atoms with E-state index in [1.165, 1.54) is 11.8 Å². The Bertz CT molecular complexity index is 270. The molecule has 1 heterocycles. The Hall–Kier alpha value is -0.820. The van der Waals surface area contributed by atoms with Crippen molar-refractivity contribution in [1.29, 1.82) is 0 Å². The summed E-state index contributed by atoms with van der Waals surface area (Å²) in [5, 5.41) is 0. The van der Waals surface area contributed by atoms with Gasteiger partial charge in [-0.1, -0.05) is 0 Å². The molecule has 1 fully saturated rings. The molecule has 1 aliphatic rings. The normalized spacial score (nSPS) is 21.1. The Labute approximate surface area is 98.5 Å². The zero-order chi connectivity index (χ0) is 13.1. The Kier molecular flexibility index (Phi) is 4.76. The fraction of sp³-hybridized carbons (Fsp3) is 0.900. The van der Waals surface area contributed by atoms with Gasteiger partial charge >= 0.3 is 6.18 Å². The number of rotatable bonds is 2. The second-order valence-electron chi connectivity index (χ2n) is 4.19. The van der Waals surface area contributed by atoms with E-state index in [9.17, 15) is 18.0 Å². The number of halogens is 3. The summed E-state index contributed by atoms with van der Waals surface area (Å²) in [6, 6.07) is -1.60. The molecule has 1 unspecified atom stereocenters. The molecule has 0 bridgehead atoms. The molecule has 1 atom stereocenters. The van der Waals surface area contributed by atoms with Crippen LogP contribution < -0.4 is 5.73 Å². The summed E-state index contributed by atoms with van der Waals surface area (Å²) in [7, 11) is 0. The fourth-order valence-corrected chi connectivity index (χ4v) is 2.05. The van der Waals surface area contributed by atoms with Gasteiger partial charge in [0.2, 0.25) is 5.91 Å². The van der Waals surface area contributed by atoms with Gasteiger partial charge in [0.15, 0.2) is 0 Å². The second-order valence-corrected chi connectivity index (χ2v) is 4.19. The third-order valence-corrected chi connectivity index (χ3v) is 3.02. The molecule has 0 spiro atoms. The van der Waals surface area contributed by atoms with E-state index in [0.29, 0.717) is 26.1 Å². The van der Waals surface area contributed by atoms with Crippen LogP contribution in [0.15, 0.2) is 0 Å². The standard InChI is InChI=1S/C10H18F3N3O/c1-8(17)15-3-2-4-16(6-5-15)9(7-14)10(11,12)13/h9H,2-7,14H2,1H3. The molecule has 17 heavy (non-hydrogen) atoms. The lowest BCUT2D eigenvalue weighted by Gasteiger charge is -2.31. The minimum Gasteiger partial charge on any atom is -0.342 e. The van der Waals surface area contributed by atoms with Crippen molar-refractivity contribution < 1.29 is 18.0 Å². The summed E-state index contributed by atoms with van der Waals surface area (Å²) >= 11 is 0. The van der Waals surface area contributed by atoms with Gasteiger partial charge in [0.1, 0.15) is 6.04 Å². The first kappa shape index (κ1) is 14.2. The van der Waals surface area contributed by atoms with Crippen LogP contribution in [-0.4, -0.2) is 60.6 Å². The maximum absolute atomic E-state index is 12.7. The van der Waals surface area contributed by atoms with Gasteiger partial charge in [-0.15, -0.1) is 0 Å². The highest BCUT2D eigenvalue weighted by molar-refractivity contribution is 5.73. The van der Waals surface area contributed by atoms with E-state index in [0.717, 1.165) is 0 Å². The average molecular weight is 253 g/mol. The van der Waals surface area contributed by atoms with Gasteiger partial charge in [0.25, 0.3) is 0 Å². The SMILES string of the molecule is CC(=O)N1CCCN(C(CN)C(F)(F)F)CC1.